The Labute approximate surface area is 98.2 Å². The first-order valence-electron chi connectivity index (χ1n) is 5.03. The minimum Gasteiger partial charge on any atom is -0.456 e. The molecular weight excluding hydrogens is 219 g/mol. The highest BCUT2D eigenvalue weighted by Gasteiger charge is 2.06. The zero-order valence-corrected chi connectivity index (χ0v) is 8.98. The van der Waals surface area contributed by atoms with E-state index in [1.54, 1.807) is 36.4 Å². The summed E-state index contributed by atoms with van der Waals surface area (Å²) in [7, 11) is 0. The third kappa shape index (κ3) is 2.60. The fourth-order valence-electron chi connectivity index (χ4n) is 1.44. The molecule has 0 radical (unpaired) electrons. The Morgan fingerprint density at radius 1 is 1.12 bits per heavy atom. The van der Waals surface area contributed by atoms with Crippen molar-refractivity contribution in [2.45, 2.75) is 0 Å². The van der Waals surface area contributed by atoms with Crippen molar-refractivity contribution in [3.8, 4) is 11.5 Å². The number of nitrogen functional groups attached to an aromatic ring is 1. The zero-order valence-electron chi connectivity index (χ0n) is 8.98. The Bertz CT molecular complexity index is 555. The molecule has 0 aliphatic carbocycles. The van der Waals surface area contributed by atoms with Gasteiger partial charge in [0.2, 0.25) is 0 Å². The van der Waals surface area contributed by atoms with Crippen molar-refractivity contribution >= 4 is 5.84 Å². The number of ether oxygens (including phenoxy) is 1. The van der Waals surface area contributed by atoms with Crippen LogP contribution in [0.2, 0.25) is 0 Å². The summed E-state index contributed by atoms with van der Waals surface area (Å²) in [5, 5.41) is 7.41. The van der Waals surface area contributed by atoms with Gasteiger partial charge in [0.25, 0.3) is 0 Å². The Kier molecular flexibility index (Phi) is 3.05. The van der Waals surface area contributed by atoms with Gasteiger partial charge in [-0.2, -0.15) is 0 Å². The number of amidine groups is 1. The predicted octanol–water partition coefficient (Wildman–Crippen LogP) is 2.90. The van der Waals surface area contributed by atoms with Crippen molar-refractivity contribution in [3.05, 3.63) is 59.9 Å². The molecular formula is C13H11FN2O. The molecule has 0 amide bonds. The minimum absolute atomic E-state index is 0.0861. The number of benzene rings is 2. The van der Waals surface area contributed by atoms with E-state index in [4.69, 9.17) is 15.9 Å². The average Bonchev–Trinajstić information content (AvgIpc) is 2.29. The van der Waals surface area contributed by atoms with Gasteiger partial charge in [-0.1, -0.05) is 18.2 Å². The van der Waals surface area contributed by atoms with Gasteiger partial charge >= 0.3 is 0 Å². The largest absolute Gasteiger partial charge is 0.456 e. The van der Waals surface area contributed by atoms with Crippen LogP contribution < -0.4 is 10.5 Å². The molecule has 0 bridgehead atoms. The van der Waals surface area contributed by atoms with E-state index in [2.05, 4.69) is 0 Å². The van der Waals surface area contributed by atoms with Crippen LogP contribution in [-0.2, 0) is 0 Å². The molecule has 86 valence electrons. The first kappa shape index (κ1) is 11.1. The van der Waals surface area contributed by atoms with Crippen LogP contribution in [0.25, 0.3) is 0 Å². The molecule has 0 unspecified atom stereocenters. The number of nitrogens with one attached hydrogen (secondary N) is 1. The van der Waals surface area contributed by atoms with Crippen molar-refractivity contribution in [2.24, 2.45) is 5.73 Å². The third-order valence-electron chi connectivity index (χ3n) is 2.20. The normalized spacial score (nSPS) is 9.94. The van der Waals surface area contributed by atoms with E-state index in [0.717, 1.165) is 0 Å². The molecule has 2 aromatic rings. The predicted molar refractivity (Wildman–Crippen MR) is 63.9 cm³/mol. The van der Waals surface area contributed by atoms with Crippen molar-refractivity contribution < 1.29 is 9.13 Å². The molecule has 3 N–H and O–H groups in total. The van der Waals surface area contributed by atoms with Crippen LogP contribution in [0.4, 0.5) is 4.39 Å². The molecule has 0 fully saturated rings. The molecule has 0 heterocycles. The van der Waals surface area contributed by atoms with Crippen LogP contribution in [0.5, 0.6) is 11.5 Å². The van der Waals surface area contributed by atoms with Gasteiger partial charge in [-0.25, -0.2) is 4.39 Å². The summed E-state index contributed by atoms with van der Waals surface area (Å²) < 4.78 is 18.5. The monoisotopic (exact) mass is 230 g/mol. The molecule has 0 spiro atoms. The maximum Gasteiger partial charge on any atom is 0.138 e. The molecule has 0 aliphatic heterocycles. The number of halogens is 1. The lowest BCUT2D eigenvalue weighted by molar-refractivity contribution is 0.475. The van der Waals surface area contributed by atoms with Gasteiger partial charge in [0.15, 0.2) is 0 Å². The van der Waals surface area contributed by atoms with Gasteiger partial charge in [-0.3, -0.25) is 5.41 Å². The molecule has 0 atom stereocenters. The fraction of sp³-hybridized carbons (Fsp3) is 0. The van der Waals surface area contributed by atoms with Crippen LogP contribution in [0, 0.1) is 11.2 Å². The summed E-state index contributed by atoms with van der Waals surface area (Å²) >= 11 is 0. The highest BCUT2D eigenvalue weighted by molar-refractivity contribution is 5.97. The van der Waals surface area contributed by atoms with Crippen LogP contribution >= 0.6 is 0 Å². The molecule has 0 saturated heterocycles. The number of para-hydroxylation sites is 1. The van der Waals surface area contributed by atoms with E-state index in [-0.39, 0.29) is 11.7 Å². The second-order valence-corrected chi connectivity index (χ2v) is 3.47. The number of nitrogens with two attached hydrogens (primary N) is 1. The molecule has 2 rings (SSSR count). The molecule has 0 aliphatic rings. The summed E-state index contributed by atoms with van der Waals surface area (Å²) in [4.78, 5) is 0. The molecule has 17 heavy (non-hydrogen) atoms. The SMILES string of the molecule is N=C(N)c1ccccc1Oc1cccc(F)c1. The van der Waals surface area contributed by atoms with E-state index in [1.807, 2.05) is 0 Å². The van der Waals surface area contributed by atoms with E-state index in [0.29, 0.717) is 17.1 Å². The number of hydrogen-bond donors (Lipinski definition) is 2. The summed E-state index contributed by atoms with van der Waals surface area (Å²) in [5.41, 5.74) is 5.91. The lowest BCUT2D eigenvalue weighted by Crippen LogP contribution is -2.12. The maximum absolute atomic E-state index is 13.0. The summed E-state index contributed by atoms with van der Waals surface area (Å²) in [6.45, 7) is 0. The van der Waals surface area contributed by atoms with Crippen LogP contribution in [-0.4, -0.2) is 5.84 Å². The lowest BCUT2D eigenvalue weighted by Gasteiger charge is -2.09. The second-order valence-electron chi connectivity index (χ2n) is 3.47. The smallest absolute Gasteiger partial charge is 0.138 e. The van der Waals surface area contributed by atoms with Gasteiger partial charge in [-0.05, 0) is 24.3 Å². The third-order valence-corrected chi connectivity index (χ3v) is 2.20. The highest BCUT2D eigenvalue weighted by Crippen LogP contribution is 2.25. The van der Waals surface area contributed by atoms with Crippen molar-refractivity contribution in [2.75, 3.05) is 0 Å². The van der Waals surface area contributed by atoms with E-state index < -0.39 is 0 Å². The quantitative estimate of drug-likeness (QED) is 0.629. The fourth-order valence-corrected chi connectivity index (χ4v) is 1.44. The van der Waals surface area contributed by atoms with Crippen molar-refractivity contribution in [3.63, 3.8) is 0 Å². The highest BCUT2D eigenvalue weighted by atomic mass is 19.1. The van der Waals surface area contributed by atoms with Gasteiger partial charge < -0.3 is 10.5 Å². The molecule has 2 aromatic carbocycles. The van der Waals surface area contributed by atoms with Gasteiger partial charge in [-0.15, -0.1) is 0 Å². The van der Waals surface area contributed by atoms with E-state index in [1.165, 1.54) is 12.1 Å². The van der Waals surface area contributed by atoms with Crippen molar-refractivity contribution in [1.29, 1.82) is 5.41 Å². The summed E-state index contributed by atoms with van der Waals surface area (Å²) in [6.07, 6.45) is 0. The average molecular weight is 230 g/mol. The molecule has 3 nitrogen and oxygen atoms in total. The Hall–Kier alpha value is -2.36. The Morgan fingerprint density at radius 3 is 2.59 bits per heavy atom. The first-order chi connectivity index (χ1) is 8.16. The van der Waals surface area contributed by atoms with Gasteiger partial charge in [0.05, 0.1) is 5.56 Å². The minimum atomic E-state index is -0.372. The lowest BCUT2D eigenvalue weighted by atomic mass is 10.2. The Morgan fingerprint density at radius 2 is 1.88 bits per heavy atom. The van der Waals surface area contributed by atoms with Crippen LogP contribution in [0.15, 0.2) is 48.5 Å². The second kappa shape index (κ2) is 4.65. The maximum atomic E-state index is 13.0. The zero-order chi connectivity index (χ0) is 12.3. The summed E-state index contributed by atoms with van der Waals surface area (Å²) in [6, 6.07) is 12.7. The molecule has 0 aromatic heterocycles. The standard InChI is InChI=1S/C13H11FN2O/c14-9-4-3-5-10(8-9)17-12-7-2-1-6-11(12)13(15)16/h1-8H,(H3,15,16). The molecule has 0 saturated carbocycles. The van der Waals surface area contributed by atoms with Crippen LogP contribution in [0.1, 0.15) is 5.56 Å². The van der Waals surface area contributed by atoms with Gasteiger partial charge in [0.1, 0.15) is 23.2 Å². The van der Waals surface area contributed by atoms with E-state index >= 15 is 0 Å². The summed E-state index contributed by atoms with van der Waals surface area (Å²) in [5.74, 6) is 0.351. The van der Waals surface area contributed by atoms with Crippen LogP contribution in [0.3, 0.4) is 0 Å². The number of rotatable bonds is 3. The first-order valence-corrected chi connectivity index (χ1v) is 5.03. The number of hydrogen-bond acceptors (Lipinski definition) is 2. The molecule has 4 heteroatoms. The van der Waals surface area contributed by atoms with Gasteiger partial charge in [0, 0.05) is 6.07 Å². The van der Waals surface area contributed by atoms with Crippen molar-refractivity contribution in [1.82, 2.24) is 0 Å². The Balaban J connectivity index is 2.33. The van der Waals surface area contributed by atoms with E-state index in [9.17, 15) is 4.39 Å². The topological polar surface area (TPSA) is 59.1 Å².